The molecule has 0 saturated carbocycles. The van der Waals surface area contributed by atoms with Crippen LogP contribution in [0.25, 0.3) is 0 Å². The molecule has 2 aromatic rings. The summed E-state index contributed by atoms with van der Waals surface area (Å²) in [5.41, 5.74) is -0.523. The second-order valence-corrected chi connectivity index (χ2v) is 6.37. The zero-order chi connectivity index (χ0) is 19.4. The molecule has 2 N–H and O–H groups in total. The van der Waals surface area contributed by atoms with E-state index in [0.29, 0.717) is 18.4 Å². The van der Waals surface area contributed by atoms with Gasteiger partial charge in [-0.3, -0.25) is 14.5 Å². The van der Waals surface area contributed by atoms with Crippen molar-refractivity contribution in [2.75, 3.05) is 11.9 Å². The summed E-state index contributed by atoms with van der Waals surface area (Å²) in [6.07, 6.45) is 1.07. The van der Waals surface area contributed by atoms with Crippen LogP contribution in [0.2, 0.25) is 0 Å². The lowest BCUT2D eigenvalue weighted by Crippen LogP contribution is -2.44. The standard InChI is InChI=1S/C20H20FN3O3/c1-2-12-20(14-8-4-3-5-9-14)18(26)24(19(27)23-20)13-17(25)22-16-11-7-6-10-15(16)21/h3-11H,2,12-13H2,1H3,(H,22,25)(H,23,27)/t20-/m1/s1. The molecule has 1 aliphatic rings. The predicted molar refractivity (Wildman–Crippen MR) is 98.3 cm³/mol. The third kappa shape index (κ3) is 3.53. The van der Waals surface area contributed by atoms with Gasteiger partial charge in [0.15, 0.2) is 0 Å². The molecule has 4 amide bonds. The van der Waals surface area contributed by atoms with E-state index in [9.17, 15) is 18.8 Å². The van der Waals surface area contributed by atoms with E-state index < -0.39 is 35.7 Å². The zero-order valence-corrected chi connectivity index (χ0v) is 14.9. The van der Waals surface area contributed by atoms with Crippen LogP contribution in [0, 0.1) is 5.82 Å². The SMILES string of the molecule is CCC[C@]1(c2ccccc2)NC(=O)N(CC(=O)Nc2ccccc2F)C1=O. The van der Waals surface area contributed by atoms with Crippen molar-refractivity contribution in [2.45, 2.75) is 25.3 Å². The maximum Gasteiger partial charge on any atom is 0.325 e. The molecular formula is C20H20FN3O3. The minimum atomic E-state index is -1.19. The minimum Gasteiger partial charge on any atom is -0.322 e. The highest BCUT2D eigenvalue weighted by atomic mass is 19.1. The number of imide groups is 1. The highest BCUT2D eigenvalue weighted by Crippen LogP contribution is 2.33. The van der Waals surface area contributed by atoms with E-state index in [4.69, 9.17) is 0 Å². The number of rotatable bonds is 6. The molecule has 140 valence electrons. The minimum absolute atomic E-state index is 0.00238. The lowest BCUT2D eigenvalue weighted by molar-refractivity contribution is -0.134. The molecule has 0 spiro atoms. The monoisotopic (exact) mass is 369 g/mol. The number of urea groups is 1. The van der Waals surface area contributed by atoms with E-state index in [1.165, 1.54) is 18.2 Å². The summed E-state index contributed by atoms with van der Waals surface area (Å²) in [5.74, 6) is -1.72. The van der Waals surface area contributed by atoms with E-state index in [1.54, 1.807) is 30.3 Å². The van der Waals surface area contributed by atoms with Crippen molar-refractivity contribution >= 4 is 23.5 Å². The third-order valence-electron chi connectivity index (χ3n) is 4.52. The van der Waals surface area contributed by atoms with Gasteiger partial charge in [-0.15, -0.1) is 0 Å². The molecular weight excluding hydrogens is 349 g/mol. The van der Waals surface area contributed by atoms with Gasteiger partial charge >= 0.3 is 6.03 Å². The van der Waals surface area contributed by atoms with Crippen LogP contribution in [0.5, 0.6) is 0 Å². The van der Waals surface area contributed by atoms with Gasteiger partial charge in [0.2, 0.25) is 5.91 Å². The number of para-hydroxylation sites is 1. The average Bonchev–Trinajstić information content (AvgIpc) is 2.90. The summed E-state index contributed by atoms with van der Waals surface area (Å²) >= 11 is 0. The second kappa shape index (κ2) is 7.57. The Morgan fingerprint density at radius 2 is 1.78 bits per heavy atom. The first-order valence-electron chi connectivity index (χ1n) is 8.72. The number of carbonyl (C=O) groups is 3. The molecule has 0 bridgehead atoms. The Labute approximate surface area is 156 Å². The van der Waals surface area contributed by atoms with Crippen molar-refractivity contribution < 1.29 is 18.8 Å². The van der Waals surface area contributed by atoms with E-state index in [1.807, 2.05) is 13.0 Å². The van der Waals surface area contributed by atoms with Crippen molar-refractivity contribution in [3.8, 4) is 0 Å². The number of nitrogens with one attached hydrogen (secondary N) is 2. The summed E-state index contributed by atoms with van der Waals surface area (Å²) in [6, 6.07) is 14.0. The van der Waals surface area contributed by atoms with E-state index >= 15 is 0 Å². The molecule has 2 aromatic carbocycles. The maximum absolute atomic E-state index is 13.7. The Morgan fingerprint density at radius 1 is 1.11 bits per heavy atom. The Bertz CT molecular complexity index is 872. The number of hydrogen-bond donors (Lipinski definition) is 2. The molecule has 7 heteroatoms. The Kier molecular flexibility index (Phi) is 5.21. The van der Waals surface area contributed by atoms with Crippen molar-refractivity contribution in [1.82, 2.24) is 10.2 Å². The largest absolute Gasteiger partial charge is 0.325 e. The molecule has 27 heavy (non-hydrogen) atoms. The number of nitrogens with zero attached hydrogens (tertiary/aromatic N) is 1. The molecule has 1 aliphatic heterocycles. The quantitative estimate of drug-likeness (QED) is 0.769. The van der Waals surface area contributed by atoms with Crippen LogP contribution < -0.4 is 10.6 Å². The summed E-state index contributed by atoms with van der Waals surface area (Å²) in [7, 11) is 0. The second-order valence-electron chi connectivity index (χ2n) is 6.37. The molecule has 0 radical (unpaired) electrons. The van der Waals surface area contributed by atoms with Crippen LogP contribution in [0.15, 0.2) is 54.6 Å². The van der Waals surface area contributed by atoms with Gasteiger partial charge in [0.1, 0.15) is 17.9 Å². The fourth-order valence-electron chi connectivity index (χ4n) is 3.27. The highest BCUT2D eigenvalue weighted by molar-refractivity contribution is 6.10. The summed E-state index contributed by atoms with van der Waals surface area (Å²) in [5, 5.41) is 5.14. The number of hydrogen-bond acceptors (Lipinski definition) is 3. The lowest BCUT2D eigenvalue weighted by Gasteiger charge is -2.26. The highest BCUT2D eigenvalue weighted by Gasteiger charge is 2.52. The van der Waals surface area contributed by atoms with Gasteiger partial charge in [-0.2, -0.15) is 0 Å². The van der Waals surface area contributed by atoms with Gasteiger partial charge in [-0.05, 0) is 24.1 Å². The predicted octanol–water partition coefficient (Wildman–Crippen LogP) is 3.01. The molecule has 0 aliphatic carbocycles. The van der Waals surface area contributed by atoms with Crippen molar-refractivity contribution in [3.63, 3.8) is 0 Å². The Morgan fingerprint density at radius 3 is 2.44 bits per heavy atom. The van der Waals surface area contributed by atoms with Crippen LogP contribution in [0.1, 0.15) is 25.3 Å². The smallest absolute Gasteiger partial charge is 0.322 e. The van der Waals surface area contributed by atoms with Crippen LogP contribution in [0.3, 0.4) is 0 Å². The van der Waals surface area contributed by atoms with E-state index in [-0.39, 0.29) is 5.69 Å². The van der Waals surface area contributed by atoms with Crippen LogP contribution >= 0.6 is 0 Å². The number of anilines is 1. The number of carbonyl (C=O) groups excluding carboxylic acids is 3. The zero-order valence-electron chi connectivity index (χ0n) is 14.9. The number of amides is 4. The first kappa shape index (κ1) is 18.6. The number of halogens is 1. The molecule has 3 rings (SSSR count). The molecule has 6 nitrogen and oxygen atoms in total. The van der Waals surface area contributed by atoms with Crippen LogP contribution in [-0.2, 0) is 15.1 Å². The summed E-state index contributed by atoms with van der Waals surface area (Å²) < 4.78 is 13.7. The number of benzene rings is 2. The van der Waals surface area contributed by atoms with Gasteiger partial charge in [0.05, 0.1) is 5.69 Å². The first-order chi connectivity index (χ1) is 13.0. The molecule has 1 heterocycles. The van der Waals surface area contributed by atoms with Gasteiger partial charge in [-0.1, -0.05) is 55.8 Å². The van der Waals surface area contributed by atoms with E-state index in [0.717, 1.165) is 4.90 Å². The van der Waals surface area contributed by atoms with Gasteiger partial charge in [0.25, 0.3) is 5.91 Å². The Hall–Kier alpha value is -3.22. The lowest BCUT2D eigenvalue weighted by atomic mass is 9.85. The first-order valence-corrected chi connectivity index (χ1v) is 8.72. The van der Waals surface area contributed by atoms with E-state index in [2.05, 4.69) is 10.6 Å². The fourth-order valence-corrected chi connectivity index (χ4v) is 3.27. The van der Waals surface area contributed by atoms with Crippen LogP contribution in [-0.4, -0.2) is 29.3 Å². The summed E-state index contributed by atoms with van der Waals surface area (Å²) in [6.45, 7) is 1.43. The molecule has 1 atom stereocenters. The van der Waals surface area contributed by atoms with Crippen molar-refractivity contribution in [2.24, 2.45) is 0 Å². The topological polar surface area (TPSA) is 78.5 Å². The van der Waals surface area contributed by atoms with Gasteiger partial charge in [-0.25, -0.2) is 9.18 Å². The third-order valence-corrected chi connectivity index (χ3v) is 4.52. The van der Waals surface area contributed by atoms with Crippen LogP contribution in [0.4, 0.5) is 14.9 Å². The van der Waals surface area contributed by atoms with Crippen molar-refractivity contribution in [3.05, 3.63) is 66.0 Å². The fraction of sp³-hybridized carbons (Fsp3) is 0.250. The molecule has 1 saturated heterocycles. The molecule has 0 aromatic heterocycles. The Balaban J connectivity index is 1.81. The van der Waals surface area contributed by atoms with Gasteiger partial charge in [0, 0.05) is 0 Å². The maximum atomic E-state index is 13.7. The van der Waals surface area contributed by atoms with Crippen molar-refractivity contribution in [1.29, 1.82) is 0 Å². The average molecular weight is 369 g/mol. The molecule has 0 unspecified atom stereocenters. The normalized spacial score (nSPS) is 19.1. The van der Waals surface area contributed by atoms with Gasteiger partial charge < -0.3 is 10.6 Å². The summed E-state index contributed by atoms with van der Waals surface area (Å²) in [4.78, 5) is 38.7. The molecule has 1 fully saturated rings.